The summed E-state index contributed by atoms with van der Waals surface area (Å²) in [5, 5.41) is 24.7. The normalized spacial score (nSPS) is 45.4. The fourth-order valence-corrected chi connectivity index (χ4v) is 11.6. The van der Waals surface area contributed by atoms with Crippen molar-refractivity contribution in [2.45, 2.75) is 122 Å². The maximum Gasteiger partial charge on any atom is 0.328 e. The van der Waals surface area contributed by atoms with Gasteiger partial charge >= 0.3 is 6.03 Å². The summed E-state index contributed by atoms with van der Waals surface area (Å²) < 4.78 is 26.1. The van der Waals surface area contributed by atoms with Gasteiger partial charge in [-0.25, -0.2) is 17.9 Å². The lowest BCUT2D eigenvalue weighted by Gasteiger charge is -2.64. The molecule has 0 spiro atoms. The van der Waals surface area contributed by atoms with Gasteiger partial charge in [0, 0.05) is 6.54 Å². The second-order valence-corrected chi connectivity index (χ2v) is 16.3. The number of sulfonamides is 1. The molecule has 0 aromatic heterocycles. The average Bonchev–Trinajstić information content (AvgIpc) is 3.66. The van der Waals surface area contributed by atoms with Crippen LogP contribution in [0.5, 0.6) is 0 Å². The zero-order chi connectivity index (χ0) is 27.5. The number of carbonyl (C=O) groups excluding carboxylic acids is 1. The molecule has 5 fully saturated rings. The van der Waals surface area contributed by atoms with Crippen LogP contribution in [0, 0.1) is 52.3 Å². The highest BCUT2D eigenvalue weighted by atomic mass is 32.2. The van der Waals surface area contributed by atoms with Gasteiger partial charge in [0.05, 0.1) is 17.5 Å². The van der Waals surface area contributed by atoms with Crippen LogP contribution >= 0.6 is 0 Å². The fourth-order valence-electron chi connectivity index (χ4n) is 10.4. The molecule has 5 aliphatic carbocycles. The molecule has 0 aliphatic heterocycles. The fraction of sp³-hybridized carbons (Fsp3) is 0.967. The smallest absolute Gasteiger partial charge is 0.328 e. The number of aliphatic hydroxyl groups is 2. The van der Waals surface area contributed by atoms with Crippen LogP contribution < -0.4 is 10.0 Å². The van der Waals surface area contributed by atoms with Crippen LogP contribution in [0.3, 0.4) is 0 Å². The average molecular weight is 553 g/mol. The summed E-state index contributed by atoms with van der Waals surface area (Å²) >= 11 is 0. The molecule has 2 amide bonds. The first-order valence-corrected chi connectivity index (χ1v) is 17.1. The highest BCUT2D eigenvalue weighted by Gasteiger charge is 2.64. The van der Waals surface area contributed by atoms with E-state index in [-0.39, 0.29) is 29.0 Å². The van der Waals surface area contributed by atoms with E-state index in [4.69, 9.17) is 0 Å². The van der Waals surface area contributed by atoms with Crippen molar-refractivity contribution in [3.05, 3.63) is 0 Å². The number of amides is 2. The van der Waals surface area contributed by atoms with Crippen LogP contribution in [0.4, 0.5) is 4.79 Å². The lowest BCUT2D eigenvalue weighted by Crippen LogP contribution is -2.62. The molecule has 0 radical (unpaired) electrons. The van der Waals surface area contributed by atoms with Gasteiger partial charge in [-0.2, -0.15) is 0 Å². The van der Waals surface area contributed by atoms with Gasteiger partial charge in [0.15, 0.2) is 0 Å². The molecule has 218 valence electrons. The molecule has 0 saturated heterocycles. The third kappa shape index (κ3) is 4.93. The lowest BCUT2D eigenvalue weighted by molar-refractivity contribution is -0.203. The van der Waals surface area contributed by atoms with Gasteiger partial charge in [-0.15, -0.1) is 0 Å². The zero-order valence-electron chi connectivity index (χ0n) is 24.0. The Bertz CT molecular complexity index is 985. The molecule has 8 heteroatoms. The largest absolute Gasteiger partial charge is 0.393 e. The van der Waals surface area contributed by atoms with Crippen molar-refractivity contribution < 1.29 is 23.4 Å². The van der Waals surface area contributed by atoms with Crippen molar-refractivity contribution in [1.82, 2.24) is 10.0 Å². The quantitative estimate of drug-likeness (QED) is 0.322. The van der Waals surface area contributed by atoms with E-state index < -0.39 is 21.3 Å². The van der Waals surface area contributed by atoms with Crippen molar-refractivity contribution >= 4 is 16.1 Å². The minimum Gasteiger partial charge on any atom is -0.393 e. The summed E-state index contributed by atoms with van der Waals surface area (Å²) in [7, 11) is -3.50. The molecule has 5 aliphatic rings. The van der Waals surface area contributed by atoms with Crippen LogP contribution in [-0.4, -0.2) is 48.7 Å². The van der Waals surface area contributed by atoms with E-state index in [2.05, 4.69) is 37.7 Å². The van der Waals surface area contributed by atoms with Gasteiger partial charge in [-0.3, -0.25) is 0 Å². The number of rotatable bonds is 8. The van der Waals surface area contributed by atoms with Crippen molar-refractivity contribution in [2.75, 3.05) is 6.54 Å². The van der Waals surface area contributed by atoms with Gasteiger partial charge in [0.2, 0.25) is 10.0 Å². The Morgan fingerprint density at radius 2 is 1.66 bits per heavy atom. The van der Waals surface area contributed by atoms with E-state index in [0.29, 0.717) is 54.9 Å². The first-order chi connectivity index (χ1) is 17.9. The van der Waals surface area contributed by atoms with E-state index in [1.165, 1.54) is 25.7 Å². The first kappa shape index (κ1) is 28.7. The molecule has 4 unspecified atom stereocenters. The summed E-state index contributed by atoms with van der Waals surface area (Å²) in [4.78, 5) is 12.1. The van der Waals surface area contributed by atoms with Gasteiger partial charge in [0.1, 0.15) is 0 Å². The number of fused-ring (bicyclic) bond motifs is 5. The molecule has 5 saturated carbocycles. The molecule has 7 nitrogen and oxygen atoms in total. The predicted molar refractivity (Wildman–Crippen MR) is 149 cm³/mol. The van der Waals surface area contributed by atoms with Crippen molar-refractivity contribution in [3.63, 3.8) is 0 Å². The molecule has 0 aromatic rings. The van der Waals surface area contributed by atoms with Crippen molar-refractivity contribution in [2.24, 2.45) is 52.3 Å². The van der Waals surface area contributed by atoms with E-state index >= 15 is 0 Å². The maximum absolute atomic E-state index is 12.1. The van der Waals surface area contributed by atoms with Gasteiger partial charge in [-0.05, 0) is 123 Å². The standard InChI is InChI=1S/C30H52N2O5S/c1-5-21-25-17-19(33)12-14-30(25,4)24-13-15-29(3)22(10-11-23(29)26(24)27(21)34)18(2)7-6-16-31-28(35)32-38(36,37)20-8-9-20/h18-27,33-34H,5-17H2,1-4H3,(H2,31,32,35)/t18-,19-,21-,22-,23+,24+,25?,26?,27-,29?,30?/m1/s1. The molecule has 0 aromatic carbocycles. The predicted octanol–water partition coefficient (Wildman–Crippen LogP) is 4.82. The molecule has 0 heterocycles. The van der Waals surface area contributed by atoms with E-state index in [9.17, 15) is 23.4 Å². The highest BCUT2D eigenvalue weighted by Crippen LogP contribution is 2.69. The van der Waals surface area contributed by atoms with E-state index in [1.54, 1.807) is 0 Å². The summed E-state index contributed by atoms with van der Waals surface area (Å²) in [6.07, 6.45) is 11.3. The van der Waals surface area contributed by atoms with Crippen molar-refractivity contribution in [3.8, 4) is 0 Å². The Labute approximate surface area is 230 Å². The molecular formula is C30H52N2O5S. The molecule has 5 rings (SSSR count). The number of urea groups is 1. The molecule has 38 heavy (non-hydrogen) atoms. The molecule has 11 atom stereocenters. The Morgan fingerprint density at radius 3 is 2.34 bits per heavy atom. The summed E-state index contributed by atoms with van der Waals surface area (Å²) in [5.41, 5.74) is 0.467. The van der Waals surface area contributed by atoms with Crippen molar-refractivity contribution in [1.29, 1.82) is 0 Å². The molecule has 0 bridgehead atoms. The van der Waals surface area contributed by atoms with Gasteiger partial charge in [-0.1, -0.05) is 34.1 Å². The number of nitrogens with one attached hydrogen (secondary N) is 2. The second-order valence-electron chi connectivity index (χ2n) is 14.3. The summed E-state index contributed by atoms with van der Waals surface area (Å²) in [5.74, 6) is 3.33. The first-order valence-electron chi connectivity index (χ1n) is 15.6. The van der Waals surface area contributed by atoms with Crippen LogP contribution in [0.1, 0.15) is 105 Å². The number of aliphatic hydroxyl groups excluding tert-OH is 2. The third-order valence-electron chi connectivity index (χ3n) is 12.5. The Kier molecular flexibility index (Phi) is 7.93. The second kappa shape index (κ2) is 10.5. The number of carbonyl (C=O) groups is 1. The number of hydrogen-bond acceptors (Lipinski definition) is 5. The van der Waals surface area contributed by atoms with E-state index in [1.807, 2.05) is 0 Å². The van der Waals surface area contributed by atoms with Gasteiger partial charge in [0.25, 0.3) is 0 Å². The minimum absolute atomic E-state index is 0.209. The maximum atomic E-state index is 12.1. The van der Waals surface area contributed by atoms with E-state index in [0.717, 1.165) is 38.5 Å². The Morgan fingerprint density at radius 1 is 0.974 bits per heavy atom. The SMILES string of the molecule is CC[C@@H]1C2C[C@H](O)CCC2(C)[C@H]2CCC3(C)[C@@H]([C@H](C)CCCNC(=O)NS(=O)(=O)C4CC4)CC[C@H]3C2[C@@H]1O. The van der Waals surface area contributed by atoms with Crippen LogP contribution in [0.15, 0.2) is 0 Å². The topological polar surface area (TPSA) is 116 Å². The Hall–Kier alpha value is -0.860. The summed E-state index contributed by atoms with van der Waals surface area (Å²) in [6, 6.07) is -0.602. The number of hydrogen-bond donors (Lipinski definition) is 4. The lowest BCUT2D eigenvalue weighted by atomic mass is 9.41. The zero-order valence-corrected chi connectivity index (χ0v) is 24.8. The van der Waals surface area contributed by atoms with Crippen LogP contribution in [0.25, 0.3) is 0 Å². The monoisotopic (exact) mass is 552 g/mol. The highest BCUT2D eigenvalue weighted by molar-refractivity contribution is 7.90. The van der Waals surface area contributed by atoms with Crippen LogP contribution in [0.2, 0.25) is 0 Å². The Balaban J connectivity index is 1.20. The van der Waals surface area contributed by atoms with Crippen LogP contribution in [-0.2, 0) is 10.0 Å². The minimum atomic E-state index is -3.50. The molecule has 4 N–H and O–H groups in total. The third-order valence-corrected chi connectivity index (χ3v) is 14.3. The molecular weight excluding hydrogens is 500 g/mol. The summed E-state index contributed by atoms with van der Waals surface area (Å²) in [6.45, 7) is 10.1. The van der Waals surface area contributed by atoms with Gasteiger partial charge < -0.3 is 15.5 Å².